The number of carbonyl (C=O) groups excluding carboxylic acids is 1. The van der Waals surface area contributed by atoms with Gasteiger partial charge in [0, 0.05) is 10.6 Å². The predicted octanol–water partition coefficient (Wildman–Crippen LogP) is 2.94. The molecule has 0 saturated carbocycles. The first-order valence-electron chi connectivity index (χ1n) is 8.04. The molecule has 0 amide bonds. The summed E-state index contributed by atoms with van der Waals surface area (Å²) in [5.74, 6) is 0.464. The fourth-order valence-electron chi connectivity index (χ4n) is 3.43. The third-order valence-corrected chi connectivity index (χ3v) is 6.75. The molecule has 0 fully saturated rings. The van der Waals surface area contributed by atoms with Crippen LogP contribution in [0, 0.1) is 0 Å². The van der Waals surface area contributed by atoms with Crippen LogP contribution in [0.4, 0.5) is 0 Å². The number of esters is 1. The van der Waals surface area contributed by atoms with Crippen molar-refractivity contribution in [3.05, 3.63) is 20.8 Å². The molecule has 2 aliphatic rings. The van der Waals surface area contributed by atoms with Crippen molar-refractivity contribution < 1.29 is 9.53 Å². The van der Waals surface area contributed by atoms with E-state index in [4.69, 9.17) is 9.72 Å². The molecule has 7 heteroatoms. The number of hydrogen-bond acceptors (Lipinski definition) is 6. The monoisotopic (exact) mass is 350 g/mol. The van der Waals surface area contributed by atoms with Gasteiger partial charge in [0.1, 0.15) is 4.83 Å². The fraction of sp³-hybridized carbons (Fsp3) is 0.562. The van der Waals surface area contributed by atoms with E-state index >= 15 is 0 Å². The molecule has 1 aliphatic carbocycles. The van der Waals surface area contributed by atoms with Crippen LogP contribution in [0.3, 0.4) is 0 Å². The molecule has 0 spiro atoms. The molecule has 0 radical (unpaired) electrons. The number of aromatic nitrogens is 2. The largest absolute Gasteiger partial charge is 0.466 e. The number of ether oxygens (including phenoxy) is 1. The summed E-state index contributed by atoms with van der Waals surface area (Å²) in [6, 6.07) is -0.141. The number of thiophene rings is 1. The van der Waals surface area contributed by atoms with E-state index in [1.165, 1.54) is 16.9 Å². The van der Waals surface area contributed by atoms with Gasteiger partial charge < -0.3 is 4.74 Å². The maximum atomic E-state index is 13.1. The van der Waals surface area contributed by atoms with Crippen molar-refractivity contribution in [1.29, 1.82) is 0 Å². The van der Waals surface area contributed by atoms with Crippen molar-refractivity contribution >= 4 is 39.3 Å². The van der Waals surface area contributed by atoms with Crippen LogP contribution in [-0.4, -0.2) is 27.9 Å². The average Bonchev–Trinajstić information content (AvgIpc) is 3.09. The molecule has 23 heavy (non-hydrogen) atoms. The molecule has 0 N–H and O–H groups in total. The van der Waals surface area contributed by atoms with Gasteiger partial charge in [0.05, 0.1) is 24.5 Å². The highest BCUT2D eigenvalue weighted by molar-refractivity contribution is 7.99. The topological polar surface area (TPSA) is 61.2 Å². The van der Waals surface area contributed by atoms with Gasteiger partial charge in [-0.25, -0.2) is 4.98 Å². The van der Waals surface area contributed by atoms with Crippen molar-refractivity contribution in [2.45, 2.75) is 50.2 Å². The molecule has 2 aromatic rings. The highest BCUT2D eigenvalue weighted by atomic mass is 32.2. The minimum atomic E-state index is -0.245. The number of fused-ring (bicyclic) bond motifs is 4. The summed E-state index contributed by atoms with van der Waals surface area (Å²) in [4.78, 5) is 31.8. The van der Waals surface area contributed by atoms with Gasteiger partial charge in [-0.1, -0.05) is 11.8 Å². The van der Waals surface area contributed by atoms with Crippen molar-refractivity contribution in [2.24, 2.45) is 0 Å². The van der Waals surface area contributed by atoms with Crippen LogP contribution in [0.2, 0.25) is 0 Å². The lowest BCUT2D eigenvalue weighted by molar-refractivity contribution is -0.143. The standard InChI is InChI=1S/C16H18N2O3S2/c1-2-21-12(19)7-9-8-22-16-17-14-13(15(20)18(9)16)10-5-3-4-6-11(10)23-14/h9H,2-8H2,1H3/t9-/m0/s1. The van der Waals surface area contributed by atoms with Crippen molar-refractivity contribution in [3.63, 3.8) is 0 Å². The van der Waals surface area contributed by atoms with E-state index in [2.05, 4.69) is 0 Å². The smallest absolute Gasteiger partial charge is 0.307 e. The summed E-state index contributed by atoms with van der Waals surface area (Å²) in [5.41, 5.74) is 1.24. The second-order valence-electron chi connectivity index (χ2n) is 5.93. The summed E-state index contributed by atoms with van der Waals surface area (Å²) in [6.07, 6.45) is 4.61. The first kappa shape index (κ1) is 15.2. The molecular weight excluding hydrogens is 332 g/mol. The lowest BCUT2D eigenvalue weighted by Crippen LogP contribution is -2.27. The van der Waals surface area contributed by atoms with E-state index in [1.807, 2.05) is 0 Å². The molecule has 1 atom stereocenters. The zero-order chi connectivity index (χ0) is 16.0. The Morgan fingerprint density at radius 3 is 3.04 bits per heavy atom. The van der Waals surface area contributed by atoms with Crippen LogP contribution in [0.25, 0.3) is 10.2 Å². The lowest BCUT2D eigenvalue weighted by Gasteiger charge is -2.13. The third kappa shape index (κ3) is 2.50. The second-order valence-corrected chi connectivity index (χ2v) is 8.01. The quantitative estimate of drug-likeness (QED) is 0.629. The van der Waals surface area contributed by atoms with E-state index in [0.717, 1.165) is 34.6 Å². The van der Waals surface area contributed by atoms with Crippen LogP contribution in [0.5, 0.6) is 0 Å². The number of nitrogens with zero attached hydrogens (tertiary/aromatic N) is 2. The first-order chi connectivity index (χ1) is 11.2. The Kier molecular flexibility index (Phi) is 3.93. The molecule has 0 aromatic carbocycles. The Balaban J connectivity index is 1.80. The Hall–Kier alpha value is -1.34. The normalized spacial score (nSPS) is 19.6. The summed E-state index contributed by atoms with van der Waals surface area (Å²) in [7, 11) is 0. The summed E-state index contributed by atoms with van der Waals surface area (Å²) >= 11 is 3.24. The van der Waals surface area contributed by atoms with Gasteiger partial charge in [0.25, 0.3) is 5.56 Å². The fourth-order valence-corrected chi connectivity index (χ4v) is 5.88. The van der Waals surface area contributed by atoms with Gasteiger partial charge in [0.2, 0.25) is 0 Å². The van der Waals surface area contributed by atoms with Crippen LogP contribution < -0.4 is 5.56 Å². The predicted molar refractivity (Wildman–Crippen MR) is 91.5 cm³/mol. The zero-order valence-corrected chi connectivity index (χ0v) is 14.6. The zero-order valence-electron chi connectivity index (χ0n) is 13.0. The minimum absolute atomic E-state index is 0.0312. The molecule has 122 valence electrons. The van der Waals surface area contributed by atoms with Crippen LogP contribution in [0.15, 0.2) is 9.95 Å². The van der Waals surface area contributed by atoms with E-state index < -0.39 is 0 Å². The number of carbonyl (C=O) groups is 1. The van der Waals surface area contributed by atoms with Crippen LogP contribution in [0.1, 0.15) is 42.7 Å². The van der Waals surface area contributed by atoms with Crippen molar-refractivity contribution in [3.8, 4) is 0 Å². The Morgan fingerprint density at radius 2 is 2.22 bits per heavy atom. The van der Waals surface area contributed by atoms with Gasteiger partial charge in [-0.15, -0.1) is 11.3 Å². The van der Waals surface area contributed by atoms with E-state index in [0.29, 0.717) is 12.4 Å². The molecule has 0 saturated heterocycles. The lowest BCUT2D eigenvalue weighted by atomic mass is 9.97. The number of rotatable bonds is 3. The Bertz CT molecular complexity index is 840. The van der Waals surface area contributed by atoms with Gasteiger partial charge in [-0.2, -0.15) is 0 Å². The second kappa shape index (κ2) is 5.94. The average molecular weight is 350 g/mol. The summed E-state index contributed by atoms with van der Waals surface area (Å²) < 4.78 is 6.77. The van der Waals surface area contributed by atoms with Gasteiger partial charge in [-0.3, -0.25) is 14.2 Å². The van der Waals surface area contributed by atoms with Crippen LogP contribution >= 0.6 is 23.1 Å². The number of aryl methyl sites for hydroxylation is 2. The highest BCUT2D eigenvalue weighted by Crippen LogP contribution is 2.38. The number of hydrogen-bond donors (Lipinski definition) is 0. The molecule has 2 aromatic heterocycles. The molecule has 4 rings (SSSR count). The third-order valence-electron chi connectivity index (χ3n) is 4.47. The highest BCUT2D eigenvalue weighted by Gasteiger charge is 2.31. The Morgan fingerprint density at radius 1 is 1.39 bits per heavy atom. The van der Waals surface area contributed by atoms with Crippen molar-refractivity contribution in [2.75, 3.05) is 12.4 Å². The maximum Gasteiger partial charge on any atom is 0.307 e. The van der Waals surface area contributed by atoms with E-state index in [-0.39, 0.29) is 24.0 Å². The summed E-state index contributed by atoms with van der Waals surface area (Å²) in [5, 5.41) is 1.54. The van der Waals surface area contributed by atoms with E-state index in [1.54, 1.807) is 34.6 Å². The first-order valence-corrected chi connectivity index (χ1v) is 9.84. The van der Waals surface area contributed by atoms with E-state index in [9.17, 15) is 9.59 Å². The summed E-state index contributed by atoms with van der Waals surface area (Å²) in [6.45, 7) is 2.17. The molecular formula is C16H18N2O3S2. The Labute approximate surface area is 142 Å². The SMILES string of the molecule is CCOC(=O)C[C@H]1CSc2nc3sc4c(c3c(=O)n21)CCCC4. The minimum Gasteiger partial charge on any atom is -0.466 e. The molecule has 5 nitrogen and oxygen atoms in total. The molecule has 3 heterocycles. The molecule has 1 aliphatic heterocycles. The van der Waals surface area contributed by atoms with Gasteiger partial charge >= 0.3 is 5.97 Å². The maximum absolute atomic E-state index is 13.1. The van der Waals surface area contributed by atoms with Crippen molar-refractivity contribution in [1.82, 2.24) is 9.55 Å². The molecule has 0 bridgehead atoms. The number of thioether (sulfide) groups is 1. The molecule has 0 unspecified atom stereocenters. The van der Waals surface area contributed by atoms with Crippen LogP contribution in [-0.2, 0) is 22.4 Å². The van der Waals surface area contributed by atoms with Gasteiger partial charge in [-0.05, 0) is 38.2 Å². The van der Waals surface area contributed by atoms with Gasteiger partial charge in [0.15, 0.2) is 5.16 Å².